The molecule has 0 heteroatoms. The van der Waals surface area contributed by atoms with Crippen LogP contribution in [0.5, 0.6) is 0 Å². The smallest absolute Gasteiger partial charge is 0.0464 e. The minimum Gasteiger partial charge on any atom is -0.0654 e. The van der Waals surface area contributed by atoms with Crippen molar-refractivity contribution < 1.29 is 0 Å². The fourth-order valence-corrected chi connectivity index (χ4v) is 6.52. The number of hydrogen-bond acceptors (Lipinski definition) is 0. The van der Waals surface area contributed by atoms with Crippen molar-refractivity contribution in [1.29, 1.82) is 0 Å². The van der Waals surface area contributed by atoms with Gasteiger partial charge in [0.1, 0.15) is 0 Å². The Balaban J connectivity index is 1.56. The first-order chi connectivity index (χ1) is 17.1. The molecule has 4 aromatic carbocycles. The summed E-state index contributed by atoms with van der Waals surface area (Å²) in [6.07, 6.45) is 8.75. The Morgan fingerprint density at radius 1 is 0.629 bits per heavy atom. The zero-order valence-electron chi connectivity index (χ0n) is 21.5. The normalized spacial score (nSPS) is 14.7. The second-order valence-electron chi connectivity index (χ2n) is 10.9. The van der Waals surface area contributed by atoms with Crippen LogP contribution in [0.4, 0.5) is 0 Å². The SMILES string of the molecule is CCCCCCC1(c2cccc(-c3ccc4c(c3)CC4)c2)c2cc(C)ccc2-c2ccc(C)cc21. The molecule has 0 aromatic heterocycles. The van der Waals surface area contributed by atoms with Crippen LogP contribution < -0.4 is 0 Å². The highest BCUT2D eigenvalue weighted by Crippen LogP contribution is 2.56. The van der Waals surface area contributed by atoms with E-state index >= 15 is 0 Å². The summed E-state index contributed by atoms with van der Waals surface area (Å²) in [4.78, 5) is 0. The lowest BCUT2D eigenvalue weighted by molar-refractivity contribution is 0.515. The Morgan fingerprint density at radius 3 is 1.94 bits per heavy atom. The predicted octanol–water partition coefficient (Wildman–Crippen LogP) is 9.35. The third-order valence-corrected chi connectivity index (χ3v) is 8.52. The summed E-state index contributed by atoms with van der Waals surface area (Å²) in [5, 5.41) is 0. The van der Waals surface area contributed by atoms with Crippen molar-refractivity contribution in [2.75, 3.05) is 0 Å². The van der Waals surface area contributed by atoms with Gasteiger partial charge in [-0.1, -0.05) is 117 Å². The van der Waals surface area contributed by atoms with Crippen molar-refractivity contribution in [2.45, 2.75) is 71.1 Å². The third kappa shape index (κ3) is 3.66. The lowest BCUT2D eigenvalue weighted by Gasteiger charge is -2.34. The molecule has 0 aliphatic heterocycles. The standard InChI is InChI=1S/C35H36/c1-4-5-6-7-19-35(30-10-8-9-27(23-30)29-16-14-26-13-15-28(26)22-29)33-20-24(2)11-17-31(33)32-18-12-25(3)21-34(32)35/h8-12,14,16-18,20-23H,4-7,13,15,19H2,1-3H3. The van der Waals surface area contributed by atoms with Crippen molar-refractivity contribution in [1.82, 2.24) is 0 Å². The highest BCUT2D eigenvalue weighted by atomic mass is 14.5. The number of rotatable bonds is 7. The summed E-state index contributed by atoms with van der Waals surface area (Å²) in [5.41, 5.74) is 15.7. The van der Waals surface area contributed by atoms with E-state index in [0.717, 1.165) is 6.42 Å². The van der Waals surface area contributed by atoms with Gasteiger partial charge in [-0.3, -0.25) is 0 Å². The topological polar surface area (TPSA) is 0 Å². The molecular formula is C35H36. The van der Waals surface area contributed by atoms with Crippen LogP contribution in [0.3, 0.4) is 0 Å². The van der Waals surface area contributed by atoms with Crippen molar-refractivity contribution in [3.05, 3.63) is 118 Å². The van der Waals surface area contributed by atoms with E-state index in [2.05, 4.69) is 99.6 Å². The van der Waals surface area contributed by atoms with Gasteiger partial charge < -0.3 is 0 Å². The molecule has 0 amide bonds. The molecule has 0 spiro atoms. The van der Waals surface area contributed by atoms with Gasteiger partial charge in [-0.25, -0.2) is 0 Å². The molecule has 4 aromatic rings. The van der Waals surface area contributed by atoms with Crippen LogP contribution in [-0.2, 0) is 18.3 Å². The largest absolute Gasteiger partial charge is 0.0654 e. The number of benzene rings is 4. The number of fused-ring (bicyclic) bond motifs is 4. The number of unbranched alkanes of at least 4 members (excludes halogenated alkanes) is 3. The first-order valence-corrected chi connectivity index (χ1v) is 13.6. The molecule has 2 aliphatic rings. The van der Waals surface area contributed by atoms with Gasteiger partial charge >= 0.3 is 0 Å². The Bertz CT molecular complexity index is 1350. The van der Waals surface area contributed by atoms with Crippen LogP contribution in [0.25, 0.3) is 22.3 Å². The monoisotopic (exact) mass is 456 g/mol. The molecule has 176 valence electrons. The van der Waals surface area contributed by atoms with Crippen LogP contribution in [0.2, 0.25) is 0 Å². The molecule has 0 saturated heterocycles. The molecule has 35 heavy (non-hydrogen) atoms. The predicted molar refractivity (Wildman–Crippen MR) is 149 cm³/mol. The second-order valence-corrected chi connectivity index (χ2v) is 10.9. The Morgan fingerprint density at radius 2 is 1.31 bits per heavy atom. The van der Waals surface area contributed by atoms with Crippen molar-refractivity contribution >= 4 is 0 Å². The molecular weight excluding hydrogens is 420 g/mol. The van der Waals surface area contributed by atoms with Crippen LogP contribution in [0.1, 0.15) is 78.0 Å². The fraction of sp³-hybridized carbons (Fsp3) is 0.314. The summed E-state index contributed by atoms with van der Waals surface area (Å²) in [5.74, 6) is 0. The molecule has 0 saturated carbocycles. The minimum atomic E-state index is -0.0910. The van der Waals surface area contributed by atoms with Gasteiger partial charge in [-0.15, -0.1) is 0 Å². The molecule has 0 heterocycles. The maximum Gasteiger partial charge on any atom is 0.0464 e. The third-order valence-electron chi connectivity index (χ3n) is 8.52. The van der Waals surface area contributed by atoms with Crippen molar-refractivity contribution in [3.8, 4) is 22.3 Å². The van der Waals surface area contributed by atoms with E-state index in [1.165, 1.54) is 99.7 Å². The minimum absolute atomic E-state index is 0.0910. The van der Waals surface area contributed by atoms with Gasteiger partial charge in [0, 0.05) is 5.41 Å². The molecule has 2 aliphatic carbocycles. The molecule has 6 rings (SSSR count). The van der Waals surface area contributed by atoms with Gasteiger partial charge in [0.15, 0.2) is 0 Å². The Labute approximate surface area is 211 Å². The van der Waals surface area contributed by atoms with E-state index in [9.17, 15) is 0 Å². The maximum absolute atomic E-state index is 2.50. The van der Waals surface area contributed by atoms with Gasteiger partial charge in [0.25, 0.3) is 0 Å². The lowest BCUT2D eigenvalue weighted by atomic mass is 9.68. The molecule has 0 N–H and O–H groups in total. The van der Waals surface area contributed by atoms with Crippen molar-refractivity contribution in [3.63, 3.8) is 0 Å². The van der Waals surface area contributed by atoms with E-state index in [1.807, 2.05) is 0 Å². The van der Waals surface area contributed by atoms with E-state index in [-0.39, 0.29) is 5.41 Å². The van der Waals surface area contributed by atoms with E-state index in [4.69, 9.17) is 0 Å². The fourth-order valence-electron chi connectivity index (χ4n) is 6.52. The van der Waals surface area contributed by atoms with Gasteiger partial charge in [0.2, 0.25) is 0 Å². The van der Waals surface area contributed by atoms with Gasteiger partial charge in [-0.05, 0) is 89.2 Å². The Hall–Kier alpha value is -3.12. The summed E-state index contributed by atoms with van der Waals surface area (Å²) < 4.78 is 0. The molecule has 0 bridgehead atoms. The molecule has 0 atom stereocenters. The highest BCUT2D eigenvalue weighted by molar-refractivity contribution is 5.84. The molecule has 0 fully saturated rings. The van der Waals surface area contributed by atoms with E-state index in [0.29, 0.717) is 0 Å². The molecule has 0 unspecified atom stereocenters. The van der Waals surface area contributed by atoms with Crippen LogP contribution in [0.15, 0.2) is 78.9 Å². The summed E-state index contributed by atoms with van der Waals surface area (Å²) >= 11 is 0. The molecule has 0 radical (unpaired) electrons. The quantitative estimate of drug-likeness (QED) is 0.243. The van der Waals surface area contributed by atoms with Gasteiger partial charge in [-0.2, -0.15) is 0 Å². The van der Waals surface area contributed by atoms with Crippen LogP contribution >= 0.6 is 0 Å². The average Bonchev–Trinajstić information content (AvgIpc) is 3.11. The second kappa shape index (κ2) is 8.83. The summed E-state index contributed by atoms with van der Waals surface area (Å²) in [6, 6.07) is 30.9. The Kier molecular flexibility index (Phi) is 5.64. The van der Waals surface area contributed by atoms with Gasteiger partial charge in [0.05, 0.1) is 0 Å². The summed E-state index contributed by atoms with van der Waals surface area (Å²) in [6.45, 7) is 6.79. The van der Waals surface area contributed by atoms with Crippen LogP contribution in [-0.4, -0.2) is 0 Å². The van der Waals surface area contributed by atoms with Crippen molar-refractivity contribution in [2.24, 2.45) is 0 Å². The number of hydrogen-bond donors (Lipinski definition) is 0. The summed E-state index contributed by atoms with van der Waals surface area (Å²) in [7, 11) is 0. The van der Waals surface area contributed by atoms with E-state index < -0.39 is 0 Å². The first kappa shape index (κ1) is 22.4. The highest BCUT2D eigenvalue weighted by Gasteiger charge is 2.44. The zero-order chi connectivity index (χ0) is 24.0. The molecule has 0 nitrogen and oxygen atoms in total. The lowest BCUT2D eigenvalue weighted by Crippen LogP contribution is -2.27. The first-order valence-electron chi connectivity index (χ1n) is 13.6. The maximum atomic E-state index is 2.50. The van der Waals surface area contributed by atoms with Crippen LogP contribution in [0, 0.1) is 13.8 Å². The zero-order valence-corrected chi connectivity index (χ0v) is 21.5. The van der Waals surface area contributed by atoms with E-state index in [1.54, 1.807) is 0 Å². The number of aryl methyl sites for hydroxylation is 4. The average molecular weight is 457 g/mol.